The van der Waals surface area contributed by atoms with E-state index in [9.17, 15) is 14.4 Å². The molecule has 10 heteroatoms. The van der Waals surface area contributed by atoms with Gasteiger partial charge in [0.25, 0.3) is 0 Å². The summed E-state index contributed by atoms with van der Waals surface area (Å²) in [6.45, 7) is 3.54. The monoisotopic (exact) mass is 695 g/mol. The van der Waals surface area contributed by atoms with E-state index in [1.165, 1.54) is 0 Å². The average molecular weight is 695 g/mol. The second-order valence-corrected chi connectivity index (χ2v) is 7.27. The first-order chi connectivity index (χ1) is 12.0. The second-order valence-electron chi connectivity index (χ2n) is 4.98. The van der Waals surface area contributed by atoms with Crippen molar-refractivity contribution >= 4 is 85.5 Å². The SMILES string of the molecule is O=C(CI)COCCN(CCCOC(=O)CI)CCCOC(=O)CI. The summed E-state index contributed by atoms with van der Waals surface area (Å²) in [6.07, 6.45) is 1.45. The lowest BCUT2D eigenvalue weighted by Crippen LogP contribution is -2.32. The van der Waals surface area contributed by atoms with E-state index in [-0.39, 0.29) is 24.3 Å². The molecular weight excluding hydrogens is 671 g/mol. The third-order valence-electron chi connectivity index (χ3n) is 2.95. The van der Waals surface area contributed by atoms with Crippen LogP contribution in [0.5, 0.6) is 0 Å². The smallest absolute Gasteiger partial charge is 0.315 e. The van der Waals surface area contributed by atoms with E-state index < -0.39 is 0 Å². The number of nitrogens with zero attached hydrogens (tertiary/aromatic N) is 1. The molecule has 0 spiro atoms. The van der Waals surface area contributed by atoms with Crippen LogP contribution in [0, 0.1) is 0 Å². The first-order valence-corrected chi connectivity index (χ1v) is 12.4. The lowest BCUT2D eigenvalue weighted by Gasteiger charge is -2.22. The summed E-state index contributed by atoms with van der Waals surface area (Å²) in [4.78, 5) is 35.6. The number of hydrogen-bond acceptors (Lipinski definition) is 7. The van der Waals surface area contributed by atoms with Crippen LogP contribution >= 0.6 is 67.8 Å². The highest BCUT2D eigenvalue weighted by Crippen LogP contribution is 1.99. The standard InChI is InChI=1S/C15H24I3NO6/c16-9-13(20)12-23-8-5-19(3-1-6-24-14(21)10-17)4-2-7-25-15(22)11-18/h1-12H2. The van der Waals surface area contributed by atoms with Crippen LogP contribution in [-0.2, 0) is 28.6 Å². The molecule has 7 nitrogen and oxygen atoms in total. The summed E-state index contributed by atoms with van der Waals surface area (Å²) in [5.41, 5.74) is 0. The van der Waals surface area contributed by atoms with Gasteiger partial charge in [0.15, 0.2) is 5.78 Å². The van der Waals surface area contributed by atoms with Crippen LogP contribution in [0.4, 0.5) is 0 Å². The van der Waals surface area contributed by atoms with Crippen molar-refractivity contribution in [2.24, 2.45) is 0 Å². The molecule has 0 bridgehead atoms. The van der Waals surface area contributed by atoms with E-state index >= 15 is 0 Å². The molecule has 0 heterocycles. The molecule has 0 amide bonds. The molecule has 0 saturated heterocycles. The Morgan fingerprint density at radius 1 is 0.720 bits per heavy atom. The van der Waals surface area contributed by atoms with Gasteiger partial charge in [-0.1, -0.05) is 67.8 Å². The summed E-state index contributed by atoms with van der Waals surface area (Å²) in [6, 6.07) is 0. The van der Waals surface area contributed by atoms with E-state index in [1.807, 2.05) is 67.8 Å². The molecule has 0 N–H and O–H groups in total. The molecule has 25 heavy (non-hydrogen) atoms. The first-order valence-electron chi connectivity index (χ1n) is 7.84. The van der Waals surface area contributed by atoms with Gasteiger partial charge in [0.1, 0.15) is 6.61 Å². The summed E-state index contributed by atoms with van der Waals surface area (Å²) in [5, 5.41) is 0. The molecule has 0 aliphatic rings. The van der Waals surface area contributed by atoms with Crippen molar-refractivity contribution in [1.82, 2.24) is 4.90 Å². The number of ether oxygens (including phenoxy) is 3. The Kier molecular flexibility index (Phi) is 18.6. The molecule has 0 fully saturated rings. The van der Waals surface area contributed by atoms with Gasteiger partial charge in [-0.05, 0) is 12.8 Å². The van der Waals surface area contributed by atoms with E-state index in [4.69, 9.17) is 14.2 Å². The number of ketones is 1. The number of alkyl halides is 3. The number of hydrogen-bond donors (Lipinski definition) is 0. The zero-order valence-corrected chi connectivity index (χ0v) is 20.5. The van der Waals surface area contributed by atoms with Crippen molar-refractivity contribution in [2.45, 2.75) is 12.8 Å². The Balaban J connectivity index is 4.05. The zero-order valence-electron chi connectivity index (χ0n) is 14.0. The van der Waals surface area contributed by atoms with Gasteiger partial charge in [-0.2, -0.15) is 0 Å². The third-order valence-corrected chi connectivity index (χ3v) is 5.04. The normalized spacial score (nSPS) is 10.7. The van der Waals surface area contributed by atoms with Crippen LogP contribution < -0.4 is 0 Å². The van der Waals surface area contributed by atoms with E-state index in [1.54, 1.807) is 0 Å². The van der Waals surface area contributed by atoms with Gasteiger partial charge < -0.3 is 19.1 Å². The Bertz CT molecular complexity index is 340. The molecule has 0 aromatic rings. The van der Waals surface area contributed by atoms with Gasteiger partial charge in [-0.3, -0.25) is 14.4 Å². The van der Waals surface area contributed by atoms with Crippen LogP contribution in [0.2, 0.25) is 0 Å². The molecule has 146 valence electrons. The van der Waals surface area contributed by atoms with Gasteiger partial charge in [-0.15, -0.1) is 0 Å². The fraction of sp³-hybridized carbons (Fsp3) is 0.800. The summed E-state index contributed by atoms with van der Waals surface area (Å²) >= 11 is 5.95. The highest BCUT2D eigenvalue weighted by Gasteiger charge is 2.08. The maximum Gasteiger partial charge on any atom is 0.315 e. The van der Waals surface area contributed by atoms with Gasteiger partial charge in [0.05, 0.1) is 33.1 Å². The van der Waals surface area contributed by atoms with Gasteiger partial charge >= 0.3 is 11.9 Å². The van der Waals surface area contributed by atoms with Gasteiger partial charge in [-0.25, -0.2) is 0 Å². The molecule has 0 rings (SSSR count). The number of rotatable bonds is 16. The number of carbonyl (C=O) groups excluding carboxylic acids is 3. The summed E-state index contributed by atoms with van der Waals surface area (Å²) in [7, 11) is 0. The molecule has 0 unspecified atom stereocenters. The molecule has 0 aromatic carbocycles. The quantitative estimate of drug-likeness (QED) is 0.106. The summed E-state index contributed by atoms with van der Waals surface area (Å²) in [5.74, 6) is -0.347. The lowest BCUT2D eigenvalue weighted by atomic mass is 10.3. The summed E-state index contributed by atoms with van der Waals surface area (Å²) < 4.78 is 16.7. The lowest BCUT2D eigenvalue weighted by molar-refractivity contribution is -0.141. The minimum atomic E-state index is -0.210. The Labute approximate surface area is 189 Å². The zero-order chi connectivity index (χ0) is 18.9. The predicted octanol–water partition coefficient (Wildman–Crippen LogP) is 2.05. The first kappa shape index (κ1) is 25.7. The van der Waals surface area contributed by atoms with E-state index in [0.717, 1.165) is 25.9 Å². The van der Waals surface area contributed by atoms with E-state index in [2.05, 4.69) is 4.90 Å². The topological polar surface area (TPSA) is 82.1 Å². The van der Waals surface area contributed by atoms with Crippen LogP contribution in [0.3, 0.4) is 0 Å². The van der Waals surface area contributed by atoms with Crippen molar-refractivity contribution in [3.63, 3.8) is 0 Å². The molecular formula is C15H24I3NO6. The largest absolute Gasteiger partial charge is 0.465 e. The third kappa shape index (κ3) is 16.6. The van der Waals surface area contributed by atoms with Crippen LogP contribution in [0.15, 0.2) is 0 Å². The Hall–Kier alpha value is 0.720. The van der Waals surface area contributed by atoms with Gasteiger partial charge in [0, 0.05) is 19.6 Å². The van der Waals surface area contributed by atoms with Crippen molar-refractivity contribution in [2.75, 3.05) is 59.3 Å². The molecule has 0 aliphatic carbocycles. The maximum atomic E-state index is 11.2. The van der Waals surface area contributed by atoms with Crippen LogP contribution in [-0.4, -0.2) is 82.0 Å². The molecule has 0 saturated carbocycles. The van der Waals surface area contributed by atoms with Crippen molar-refractivity contribution in [1.29, 1.82) is 0 Å². The van der Waals surface area contributed by atoms with Crippen LogP contribution in [0.25, 0.3) is 0 Å². The van der Waals surface area contributed by atoms with Crippen molar-refractivity contribution in [3.05, 3.63) is 0 Å². The van der Waals surface area contributed by atoms with Crippen molar-refractivity contribution in [3.8, 4) is 0 Å². The Morgan fingerprint density at radius 2 is 1.24 bits per heavy atom. The number of esters is 2. The minimum Gasteiger partial charge on any atom is -0.465 e. The van der Waals surface area contributed by atoms with Crippen LogP contribution in [0.1, 0.15) is 12.8 Å². The predicted molar refractivity (Wildman–Crippen MR) is 120 cm³/mol. The molecule has 0 aliphatic heterocycles. The molecule has 0 aromatic heterocycles. The fourth-order valence-corrected chi connectivity index (χ4v) is 2.44. The van der Waals surface area contributed by atoms with E-state index in [0.29, 0.717) is 39.6 Å². The minimum absolute atomic E-state index is 0.0728. The highest BCUT2D eigenvalue weighted by atomic mass is 127. The number of Topliss-reactive ketones (excluding diaryl/α,β-unsaturated/α-hetero) is 1. The average Bonchev–Trinajstić information content (AvgIpc) is 2.63. The number of halogens is 3. The fourth-order valence-electron chi connectivity index (χ4n) is 1.78. The Morgan fingerprint density at radius 3 is 1.68 bits per heavy atom. The van der Waals surface area contributed by atoms with Gasteiger partial charge in [0.2, 0.25) is 0 Å². The molecule has 0 radical (unpaired) electrons. The maximum absolute atomic E-state index is 11.2. The van der Waals surface area contributed by atoms with Crippen molar-refractivity contribution < 1.29 is 28.6 Å². The second kappa shape index (κ2) is 18.1. The molecule has 0 atom stereocenters. The number of carbonyl (C=O) groups is 3. The highest BCUT2D eigenvalue weighted by molar-refractivity contribution is 14.1.